The van der Waals surface area contributed by atoms with E-state index < -0.39 is 22.7 Å². The van der Waals surface area contributed by atoms with Crippen molar-refractivity contribution in [1.29, 1.82) is 5.26 Å². The fourth-order valence-electron chi connectivity index (χ4n) is 1.30. The maximum atomic E-state index is 11.0. The number of carboxylic acids is 1. The van der Waals surface area contributed by atoms with Crippen LogP contribution in [0.5, 0.6) is 5.75 Å². The highest BCUT2D eigenvalue weighted by Gasteiger charge is 2.25. The molecule has 0 fully saturated rings. The third-order valence-electron chi connectivity index (χ3n) is 2.20. The zero-order chi connectivity index (χ0) is 13.7. The number of carboxylic acid groups (broad SMARTS) is 1. The van der Waals surface area contributed by atoms with E-state index in [0.29, 0.717) is 6.42 Å². The molecule has 0 heterocycles. The van der Waals surface area contributed by atoms with Gasteiger partial charge in [-0.3, -0.25) is 10.1 Å². The molecule has 18 heavy (non-hydrogen) atoms. The Morgan fingerprint density at radius 1 is 1.67 bits per heavy atom. The molecule has 1 aromatic carbocycles. The largest absolute Gasteiger partial charge is 0.478 e. The van der Waals surface area contributed by atoms with Crippen LogP contribution in [0.1, 0.15) is 23.7 Å². The molecule has 0 aliphatic carbocycles. The summed E-state index contributed by atoms with van der Waals surface area (Å²) in [6.45, 7) is 1.66. The van der Waals surface area contributed by atoms with Gasteiger partial charge < -0.3 is 9.84 Å². The summed E-state index contributed by atoms with van der Waals surface area (Å²) in [4.78, 5) is 21.0. The van der Waals surface area contributed by atoms with Crippen LogP contribution in [0, 0.1) is 21.4 Å². The number of nitro benzene ring substituents is 1. The van der Waals surface area contributed by atoms with E-state index in [1.165, 1.54) is 12.1 Å². The van der Waals surface area contributed by atoms with Crippen molar-refractivity contribution in [2.75, 3.05) is 0 Å². The summed E-state index contributed by atoms with van der Waals surface area (Å²) in [6, 6.07) is 5.37. The molecule has 0 aliphatic heterocycles. The molecule has 0 spiro atoms. The molecule has 0 saturated heterocycles. The molecule has 0 amide bonds. The lowest BCUT2D eigenvalue weighted by Gasteiger charge is -2.12. The average molecular weight is 250 g/mol. The fourth-order valence-corrected chi connectivity index (χ4v) is 1.30. The molecular weight excluding hydrogens is 240 g/mol. The maximum Gasteiger partial charge on any atom is 0.339 e. The number of nitro groups is 1. The second kappa shape index (κ2) is 5.63. The molecule has 94 valence electrons. The number of hydrogen-bond acceptors (Lipinski definition) is 5. The van der Waals surface area contributed by atoms with Gasteiger partial charge in [0, 0.05) is 6.07 Å². The minimum atomic E-state index is -1.35. The second-order valence-corrected chi connectivity index (χ2v) is 3.36. The molecule has 1 unspecified atom stereocenters. The topological polar surface area (TPSA) is 113 Å². The molecule has 0 radical (unpaired) electrons. The van der Waals surface area contributed by atoms with Gasteiger partial charge in [-0.15, -0.1) is 0 Å². The van der Waals surface area contributed by atoms with Crippen molar-refractivity contribution in [2.24, 2.45) is 0 Å². The summed E-state index contributed by atoms with van der Waals surface area (Å²) in [5.41, 5.74) is -0.804. The van der Waals surface area contributed by atoms with Crippen LogP contribution in [-0.2, 0) is 0 Å². The Labute approximate surface area is 102 Å². The predicted molar refractivity (Wildman–Crippen MR) is 60.4 cm³/mol. The predicted octanol–water partition coefficient (Wildman–Crippen LogP) is 1.97. The minimum absolute atomic E-state index is 0.293. The zero-order valence-corrected chi connectivity index (χ0v) is 9.49. The van der Waals surface area contributed by atoms with Gasteiger partial charge in [-0.1, -0.05) is 13.0 Å². The standard InChI is InChI=1S/C11H10N2O5/c1-2-7(6-12)18-10-8(11(14)15)4-3-5-9(10)13(16)17/h3-5,7H,2H2,1H3,(H,14,15). The Kier molecular flexibility index (Phi) is 4.21. The maximum absolute atomic E-state index is 11.0. The van der Waals surface area contributed by atoms with Crippen molar-refractivity contribution in [1.82, 2.24) is 0 Å². The minimum Gasteiger partial charge on any atom is -0.478 e. The van der Waals surface area contributed by atoms with Crippen LogP contribution in [0.3, 0.4) is 0 Å². The molecule has 0 aliphatic rings. The lowest BCUT2D eigenvalue weighted by molar-refractivity contribution is -0.386. The summed E-state index contributed by atoms with van der Waals surface area (Å²) in [5.74, 6) is -1.73. The van der Waals surface area contributed by atoms with Crippen LogP contribution in [0.2, 0.25) is 0 Å². The Morgan fingerprint density at radius 3 is 2.78 bits per heavy atom. The van der Waals surface area contributed by atoms with Crippen molar-refractivity contribution in [2.45, 2.75) is 19.4 Å². The molecule has 0 aromatic heterocycles. The Hall–Kier alpha value is -2.62. The third-order valence-corrected chi connectivity index (χ3v) is 2.20. The summed E-state index contributed by atoms with van der Waals surface area (Å²) in [5, 5.41) is 28.5. The first-order chi connectivity index (χ1) is 8.51. The second-order valence-electron chi connectivity index (χ2n) is 3.36. The molecule has 7 heteroatoms. The number of ether oxygens (including phenoxy) is 1. The van der Waals surface area contributed by atoms with Crippen LogP contribution < -0.4 is 4.74 Å². The Bertz CT molecular complexity index is 488. The molecule has 7 nitrogen and oxygen atoms in total. The Morgan fingerprint density at radius 2 is 2.33 bits per heavy atom. The van der Waals surface area contributed by atoms with Gasteiger partial charge in [0.1, 0.15) is 11.6 Å². The highest BCUT2D eigenvalue weighted by atomic mass is 16.6. The lowest BCUT2D eigenvalue weighted by atomic mass is 10.1. The van der Waals surface area contributed by atoms with Crippen LogP contribution in [0.25, 0.3) is 0 Å². The summed E-state index contributed by atoms with van der Waals surface area (Å²) < 4.78 is 5.11. The van der Waals surface area contributed by atoms with Crippen molar-refractivity contribution in [3.63, 3.8) is 0 Å². The van der Waals surface area contributed by atoms with E-state index in [9.17, 15) is 14.9 Å². The van der Waals surface area contributed by atoms with Crippen molar-refractivity contribution in [3.8, 4) is 11.8 Å². The normalized spacial score (nSPS) is 11.3. The summed E-state index contributed by atoms with van der Waals surface area (Å²) in [7, 11) is 0. The van der Waals surface area contributed by atoms with Gasteiger partial charge in [0.15, 0.2) is 6.10 Å². The van der Waals surface area contributed by atoms with Crippen molar-refractivity contribution >= 4 is 11.7 Å². The summed E-state index contributed by atoms with van der Waals surface area (Å²) in [6.07, 6.45) is -0.633. The number of benzene rings is 1. The molecular formula is C11H10N2O5. The Balaban J connectivity index is 3.32. The van der Waals surface area contributed by atoms with Gasteiger partial charge in [-0.25, -0.2) is 4.79 Å². The highest BCUT2D eigenvalue weighted by molar-refractivity contribution is 5.92. The average Bonchev–Trinajstić information content (AvgIpc) is 2.35. The molecule has 1 aromatic rings. The zero-order valence-electron chi connectivity index (χ0n) is 9.49. The molecule has 1 rings (SSSR count). The number of rotatable bonds is 5. The van der Waals surface area contributed by atoms with Crippen LogP contribution in [0.15, 0.2) is 18.2 Å². The van der Waals surface area contributed by atoms with E-state index in [2.05, 4.69) is 0 Å². The first-order valence-corrected chi connectivity index (χ1v) is 5.08. The monoisotopic (exact) mass is 250 g/mol. The first kappa shape index (κ1) is 13.4. The fraction of sp³-hybridized carbons (Fsp3) is 0.273. The third kappa shape index (κ3) is 2.74. The quantitative estimate of drug-likeness (QED) is 0.631. The number of nitrogens with zero attached hydrogens (tertiary/aromatic N) is 2. The first-order valence-electron chi connectivity index (χ1n) is 5.08. The number of hydrogen-bond donors (Lipinski definition) is 1. The van der Waals surface area contributed by atoms with Crippen LogP contribution in [-0.4, -0.2) is 22.1 Å². The van der Waals surface area contributed by atoms with Crippen LogP contribution in [0.4, 0.5) is 5.69 Å². The summed E-state index contributed by atoms with van der Waals surface area (Å²) >= 11 is 0. The number of carbonyl (C=O) groups is 1. The van der Waals surface area contributed by atoms with E-state index in [4.69, 9.17) is 15.1 Å². The van der Waals surface area contributed by atoms with E-state index >= 15 is 0 Å². The SMILES string of the molecule is CCC(C#N)Oc1c(C(=O)O)cccc1[N+](=O)[O-]. The van der Waals surface area contributed by atoms with Gasteiger partial charge in [0.05, 0.1) is 4.92 Å². The number of aromatic carboxylic acids is 1. The number of para-hydroxylation sites is 1. The smallest absolute Gasteiger partial charge is 0.339 e. The number of nitriles is 1. The molecule has 1 atom stereocenters. The van der Waals surface area contributed by atoms with E-state index in [1.54, 1.807) is 13.0 Å². The van der Waals surface area contributed by atoms with Crippen molar-refractivity contribution in [3.05, 3.63) is 33.9 Å². The molecule has 0 bridgehead atoms. The van der Waals surface area contributed by atoms with E-state index in [1.807, 2.05) is 0 Å². The lowest BCUT2D eigenvalue weighted by Crippen LogP contribution is -2.15. The molecule has 0 saturated carbocycles. The van der Waals surface area contributed by atoms with Gasteiger partial charge in [0.2, 0.25) is 5.75 Å². The van der Waals surface area contributed by atoms with Crippen LogP contribution >= 0.6 is 0 Å². The highest BCUT2D eigenvalue weighted by Crippen LogP contribution is 2.32. The van der Waals surface area contributed by atoms with Gasteiger partial charge >= 0.3 is 11.7 Å². The van der Waals surface area contributed by atoms with Gasteiger partial charge in [-0.2, -0.15) is 5.26 Å². The van der Waals surface area contributed by atoms with Gasteiger partial charge in [0.25, 0.3) is 0 Å². The van der Waals surface area contributed by atoms with Gasteiger partial charge in [-0.05, 0) is 12.5 Å². The van der Waals surface area contributed by atoms with Crippen molar-refractivity contribution < 1.29 is 19.6 Å². The molecule has 1 N–H and O–H groups in total. The van der Waals surface area contributed by atoms with E-state index in [0.717, 1.165) is 6.07 Å². The van der Waals surface area contributed by atoms with E-state index in [-0.39, 0.29) is 11.3 Å².